The van der Waals surface area contributed by atoms with Gasteiger partial charge in [-0.15, -0.1) is 11.3 Å². The van der Waals surface area contributed by atoms with Crippen molar-refractivity contribution >= 4 is 39.0 Å². The van der Waals surface area contributed by atoms with Crippen molar-refractivity contribution in [2.75, 3.05) is 18.1 Å². The Morgan fingerprint density at radius 3 is 2.88 bits per heavy atom. The van der Waals surface area contributed by atoms with Crippen molar-refractivity contribution in [3.63, 3.8) is 0 Å². The molecule has 4 rings (SSSR count). The van der Waals surface area contributed by atoms with Crippen LogP contribution in [0.2, 0.25) is 0 Å². The molecule has 0 aliphatic carbocycles. The fourth-order valence-corrected chi connectivity index (χ4v) is 4.12. The lowest BCUT2D eigenvalue weighted by Crippen LogP contribution is -2.38. The van der Waals surface area contributed by atoms with Gasteiger partial charge in [-0.25, -0.2) is 9.18 Å². The minimum atomic E-state index is -0.565. The highest BCUT2D eigenvalue weighted by Gasteiger charge is 2.23. The zero-order chi connectivity index (χ0) is 18.1. The number of ether oxygens (including phenoxy) is 1. The number of hydrogen-bond donors (Lipinski definition) is 0. The van der Waals surface area contributed by atoms with Gasteiger partial charge in [0.1, 0.15) is 10.7 Å². The molecule has 0 atom stereocenters. The molecule has 4 nitrogen and oxygen atoms in total. The lowest BCUT2D eigenvalue weighted by atomic mass is 10.0. The second-order valence-electron chi connectivity index (χ2n) is 6.15. The number of hydrogen-bond acceptors (Lipinski definition) is 4. The molecule has 1 aromatic heterocycles. The molecule has 6 heteroatoms. The van der Waals surface area contributed by atoms with Crippen LogP contribution in [-0.4, -0.2) is 25.0 Å². The summed E-state index contributed by atoms with van der Waals surface area (Å²) in [6.07, 6.45) is 1.83. The summed E-state index contributed by atoms with van der Waals surface area (Å²) in [6, 6.07) is 13.7. The Morgan fingerprint density at radius 1 is 1.15 bits per heavy atom. The van der Waals surface area contributed by atoms with Crippen LogP contribution in [0.1, 0.15) is 21.7 Å². The van der Waals surface area contributed by atoms with Gasteiger partial charge in [-0.2, -0.15) is 0 Å². The Hall–Kier alpha value is -2.73. The average Bonchev–Trinajstić information content (AvgIpc) is 3.08. The van der Waals surface area contributed by atoms with Crippen molar-refractivity contribution < 1.29 is 18.7 Å². The van der Waals surface area contributed by atoms with E-state index in [1.807, 2.05) is 24.3 Å². The molecule has 2 aromatic carbocycles. The third-order valence-corrected chi connectivity index (χ3v) is 5.51. The lowest BCUT2D eigenvalue weighted by molar-refractivity contribution is -0.121. The van der Waals surface area contributed by atoms with E-state index in [1.54, 1.807) is 17.0 Å². The standard InChI is InChI=1S/C20H16FNO3S/c21-15-7-8-17-14(10-15)11-18(26-17)20(24)25-12-19(23)22-9-3-5-13-4-1-2-6-16(13)22/h1-2,4,6-8,10-11H,3,5,9,12H2. The highest BCUT2D eigenvalue weighted by molar-refractivity contribution is 7.20. The Labute approximate surface area is 153 Å². The molecular formula is C20H16FNO3S. The number of nitrogens with zero attached hydrogens (tertiary/aromatic N) is 1. The number of carbonyl (C=O) groups excluding carboxylic acids is 2. The summed E-state index contributed by atoms with van der Waals surface area (Å²) in [4.78, 5) is 26.8. The van der Waals surface area contributed by atoms with E-state index in [1.165, 1.54) is 23.5 Å². The van der Waals surface area contributed by atoms with Gasteiger partial charge in [0.05, 0.1) is 0 Å². The van der Waals surface area contributed by atoms with Crippen LogP contribution in [0.4, 0.5) is 10.1 Å². The summed E-state index contributed by atoms with van der Waals surface area (Å²) in [6.45, 7) is 0.311. The van der Waals surface area contributed by atoms with Gasteiger partial charge in [0.25, 0.3) is 5.91 Å². The van der Waals surface area contributed by atoms with Crippen LogP contribution in [0, 0.1) is 5.82 Å². The second kappa shape index (κ2) is 6.88. The van der Waals surface area contributed by atoms with Crippen molar-refractivity contribution in [3.8, 4) is 0 Å². The van der Waals surface area contributed by atoms with Gasteiger partial charge in [0.15, 0.2) is 6.61 Å². The predicted octanol–water partition coefficient (Wildman–Crippen LogP) is 4.18. The van der Waals surface area contributed by atoms with E-state index in [-0.39, 0.29) is 18.3 Å². The first-order valence-electron chi connectivity index (χ1n) is 8.36. The maximum Gasteiger partial charge on any atom is 0.348 e. The summed E-state index contributed by atoms with van der Waals surface area (Å²) in [5.74, 6) is -1.16. The number of anilines is 1. The van der Waals surface area contributed by atoms with E-state index in [9.17, 15) is 14.0 Å². The van der Waals surface area contributed by atoms with Crippen LogP contribution in [-0.2, 0) is 16.0 Å². The van der Waals surface area contributed by atoms with Gasteiger partial charge in [0.2, 0.25) is 0 Å². The Bertz CT molecular complexity index is 998. The first-order chi connectivity index (χ1) is 12.6. The van der Waals surface area contributed by atoms with Crippen LogP contribution in [0.5, 0.6) is 0 Å². The van der Waals surface area contributed by atoms with E-state index >= 15 is 0 Å². The van der Waals surface area contributed by atoms with E-state index < -0.39 is 5.97 Å². The quantitative estimate of drug-likeness (QED) is 0.651. The predicted molar refractivity (Wildman–Crippen MR) is 99.2 cm³/mol. The molecule has 1 aliphatic heterocycles. The summed E-state index contributed by atoms with van der Waals surface area (Å²) in [5, 5.41) is 0.651. The molecule has 0 radical (unpaired) electrons. The number of halogens is 1. The number of thiophene rings is 1. The molecule has 0 saturated heterocycles. The van der Waals surface area contributed by atoms with Crippen molar-refractivity contribution in [3.05, 3.63) is 64.8 Å². The zero-order valence-electron chi connectivity index (χ0n) is 13.9. The smallest absolute Gasteiger partial charge is 0.348 e. The van der Waals surface area contributed by atoms with Gasteiger partial charge < -0.3 is 9.64 Å². The Kier molecular flexibility index (Phi) is 4.42. The molecular weight excluding hydrogens is 353 g/mol. The molecule has 0 bridgehead atoms. The third kappa shape index (κ3) is 3.20. The molecule has 0 fully saturated rings. The summed E-state index contributed by atoms with van der Waals surface area (Å²) in [5.41, 5.74) is 2.02. The highest BCUT2D eigenvalue weighted by atomic mass is 32.1. The van der Waals surface area contributed by atoms with E-state index in [0.717, 1.165) is 28.8 Å². The Balaban J connectivity index is 1.45. The lowest BCUT2D eigenvalue weighted by Gasteiger charge is -2.29. The number of benzene rings is 2. The summed E-state index contributed by atoms with van der Waals surface area (Å²) in [7, 11) is 0. The molecule has 132 valence electrons. The van der Waals surface area contributed by atoms with Gasteiger partial charge in [0, 0.05) is 16.9 Å². The first kappa shape index (κ1) is 16.7. The number of fused-ring (bicyclic) bond motifs is 2. The van der Waals surface area contributed by atoms with Crippen LogP contribution < -0.4 is 4.90 Å². The summed E-state index contributed by atoms with van der Waals surface area (Å²) >= 11 is 1.22. The fraction of sp³-hybridized carbons (Fsp3) is 0.200. The number of aryl methyl sites for hydroxylation is 1. The van der Waals surface area contributed by atoms with Crippen LogP contribution in [0.15, 0.2) is 48.5 Å². The zero-order valence-corrected chi connectivity index (χ0v) is 14.7. The molecule has 2 heterocycles. The van der Waals surface area contributed by atoms with E-state index in [4.69, 9.17) is 4.74 Å². The first-order valence-corrected chi connectivity index (χ1v) is 9.18. The number of carbonyl (C=O) groups is 2. The largest absolute Gasteiger partial charge is 0.451 e. The van der Waals surface area contributed by atoms with Crippen LogP contribution >= 0.6 is 11.3 Å². The van der Waals surface area contributed by atoms with Crippen LogP contribution in [0.25, 0.3) is 10.1 Å². The molecule has 3 aromatic rings. The molecule has 0 unspecified atom stereocenters. The van der Waals surface area contributed by atoms with Crippen molar-refractivity contribution in [2.45, 2.75) is 12.8 Å². The second-order valence-corrected chi connectivity index (χ2v) is 7.23. The maximum atomic E-state index is 13.3. The maximum absolute atomic E-state index is 13.3. The minimum absolute atomic E-state index is 0.238. The fourth-order valence-electron chi connectivity index (χ4n) is 3.18. The van der Waals surface area contributed by atoms with Gasteiger partial charge in [-0.1, -0.05) is 18.2 Å². The number of para-hydroxylation sites is 1. The number of rotatable bonds is 3. The molecule has 26 heavy (non-hydrogen) atoms. The molecule has 0 N–H and O–H groups in total. The highest BCUT2D eigenvalue weighted by Crippen LogP contribution is 2.28. The van der Waals surface area contributed by atoms with Gasteiger partial charge in [-0.05, 0) is 54.1 Å². The van der Waals surface area contributed by atoms with Crippen LogP contribution in [0.3, 0.4) is 0 Å². The topological polar surface area (TPSA) is 46.6 Å². The number of esters is 1. The van der Waals surface area contributed by atoms with Crippen molar-refractivity contribution in [2.24, 2.45) is 0 Å². The van der Waals surface area contributed by atoms with E-state index in [0.29, 0.717) is 16.8 Å². The molecule has 0 saturated carbocycles. The van der Waals surface area contributed by atoms with Crippen molar-refractivity contribution in [1.29, 1.82) is 0 Å². The normalized spacial score (nSPS) is 13.5. The molecule has 1 amide bonds. The van der Waals surface area contributed by atoms with Gasteiger partial charge in [-0.3, -0.25) is 4.79 Å². The SMILES string of the molecule is O=C(OCC(=O)N1CCCc2ccccc21)c1cc2cc(F)ccc2s1. The molecule has 1 aliphatic rings. The third-order valence-electron chi connectivity index (χ3n) is 4.42. The van der Waals surface area contributed by atoms with Crippen molar-refractivity contribution in [1.82, 2.24) is 0 Å². The molecule has 0 spiro atoms. The summed E-state index contributed by atoms with van der Waals surface area (Å²) < 4.78 is 19.3. The number of amides is 1. The minimum Gasteiger partial charge on any atom is -0.451 e. The van der Waals surface area contributed by atoms with E-state index in [2.05, 4.69) is 0 Å². The average molecular weight is 369 g/mol. The monoisotopic (exact) mass is 369 g/mol. The Morgan fingerprint density at radius 2 is 2.00 bits per heavy atom. The van der Waals surface area contributed by atoms with Gasteiger partial charge >= 0.3 is 5.97 Å².